The van der Waals surface area contributed by atoms with Crippen LogP contribution in [0.4, 0.5) is 17.2 Å². The Bertz CT molecular complexity index is 1790. The van der Waals surface area contributed by atoms with Gasteiger partial charge in [-0.05, 0) is 31.5 Å². The summed E-state index contributed by atoms with van der Waals surface area (Å²) in [7, 11) is 1.75. The van der Waals surface area contributed by atoms with Gasteiger partial charge in [0.15, 0.2) is 0 Å². The molecule has 0 saturated carbocycles. The molecule has 0 aliphatic carbocycles. The van der Waals surface area contributed by atoms with Gasteiger partial charge in [0.05, 0.1) is 17.1 Å². The highest BCUT2D eigenvalue weighted by Crippen LogP contribution is 2.42. The number of nitriles is 1. The lowest BCUT2D eigenvalue weighted by atomic mass is 9.96. The number of nitrogen functional groups attached to an aromatic ring is 2. The van der Waals surface area contributed by atoms with E-state index in [2.05, 4.69) is 16.4 Å². The highest BCUT2D eigenvalue weighted by Gasteiger charge is 2.26. The molecule has 37 heavy (non-hydrogen) atoms. The van der Waals surface area contributed by atoms with Crippen molar-refractivity contribution in [2.24, 2.45) is 7.05 Å². The van der Waals surface area contributed by atoms with Crippen molar-refractivity contribution in [3.63, 3.8) is 0 Å². The molecule has 1 amide bonds. The van der Waals surface area contributed by atoms with E-state index < -0.39 is 5.91 Å². The van der Waals surface area contributed by atoms with Gasteiger partial charge in [0, 0.05) is 18.0 Å². The topological polar surface area (TPSA) is 145 Å². The Labute approximate surface area is 216 Å². The molecular weight excluding hydrogens is 486 g/mol. The molecule has 9 nitrogen and oxygen atoms in total. The lowest BCUT2D eigenvalue weighted by Crippen LogP contribution is -2.22. The summed E-state index contributed by atoms with van der Waals surface area (Å²) in [5, 5.41) is 13.1. The molecule has 0 aliphatic heterocycles. The van der Waals surface area contributed by atoms with Crippen LogP contribution in [0.2, 0.25) is 0 Å². The fourth-order valence-corrected chi connectivity index (χ4v) is 5.35. The van der Waals surface area contributed by atoms with E-state index in [1.54, 1.807) is 18.7 Å². The minimum atomic E-state index is -0.543. The molecule has 0 saturated heterocycles. The molecule has 3 aromatic heterocycles. The summed E-state index contributed by atoms with van der Waals surface area (Å²) >= 11 is 1.06. The summed E-state index contributed by atoms with van der Waals surface area (Å²) < 4.78 is 3.16. The van der Waals surface area contributed by atoms with E-state index in [9.17, 15) is 14.9 Å². The van der Waals surface area contributed by atoms with Gasteiger partial charge in [-0.25, -0.2) is 9.67 Å². The van der Waals surface area contributed by atoms with Crippen molar-refractivity contribution in [3.05, 3.63) is 86.6 Å². The molecule has 10 heteroatoms. The number of benzene rings is 2. The fourth-order valence-electron chi connectivity index (χ4n) is 4.34. The number of aromatic nitrogens is 3. The maximum atomic E-state index is 13.4. The number of para-hydroxylation sites is 1. The van der Waals surface area contributed by atoms with Gasteiger partial charge in [0.2, 0.25) is 0 Å². The molecule has 0 radical (unpaired) electrons. The minimum absolute atomic E-state index is 0.0587. The molecule has 0 atom stereocenters. The number of nitrogens with two attached hydrogens (primary N) is 2. The van der Waals surface area contributed by atoms with Crippen molar-refractivity contribution >= 4 is 44.7 Å². The smallest absolute Gasteiger partial charge is 0.295 e. The van der Waals surface area contributed by atoms with Gasteiger partial charge in [0.1, 0.15) is 32.8 Å². The fraction of sp³-hybridized carbons (Fsp3) is 0.111. The summed E-state index contributed by atoms with van der Waals surface area (Å²) in [6.45, 7) is 3.71. The van der Waals surface area contributed by atoms with Crippen molar-refractivity contribution in [3.8, 4) is 22.9 Å². The summed E-state index contributed by atoms with van der Waals surface area (Å²) in [6.07, 6.45) is 0. The largest absolute Gasteiger partial charge is 0.397 e. The normalized spacial score (nSPS) is 11.0. The molecule has 5 aromatic rings. The van der Waals surface area contributed by atoms with Crippen LogP contribution in [-0.4, -0.2) is 20.3 Å². The number of nitrogens with one attached hydrogen (secondary N) is 1. The maximum absolute atomic E-state index is 13.4. The number of nitrogens with zero attached hydrogens (tertiary/aromatic N) is 4. The number of pyridine rings is 1. The molecule has 0 unspecified atom stereocenters. The number of hydrogen-bond donors (Lipinski definition) is 3. The first kappa shape index (κ1) is 23.8. The van der Waals surface area contributed by atoms with Gasteiger partial charge < -0.3 is 16.8 Å². The first-order chi connectivity index (χ1) is 17.7. The number of hydrogen-bond acceptors (Lipinski definition) is 7. The molecule has 0 spiro atoms. The zero-order valence-corrected chi connectivity index (χ0v) is 21.2. The second-order valence-electron chi connectivity index (χ2n) is 8.64. The zero-order valence-electron chi connectivity index (χ0n) is 20.4. The highest BCUT2D eigenvalue weighted by molar-refractivity contribution is 7.21. The Hall–Kier alpha value is -4.88. The molecule has 3 heterocycles. The number of anilines is 3. The average Bonchev–Trinajstić information content (AvgIpc) is 3.32. The molecule has 5 rings (SSSR count). The van der Waals surface area contributed by atoms with Gasteiger partial charge in [-0.1, -0.05) is 48.0 Å². The first-order valence-corrected chi connectivity index (χ1v) is 12.2. The molecule has 0 fully saturated rings. The Kier molecular flexibility index (Phi) is 5.78. The number of thiophene rings is 1. The van der Waals surface area contributed by atoms with Gasteiger partial charge >= 0.3 is 0 Å². The van der Waals surface area contributed by atoms with Crippen LogP contribution in [0.3, 0.4) is 0 Å². The summed E-state index contributed by atoms with van der Waals surface area (Å²) in [6, 6.07) is 18.9. The van der Waals surface area contributed by atoms with Crippen LogP contribution < -0.4 is 22.3 Å². The Morgan fingerprint density at radius 3 is 2.41 bits per heavy atom. The zero-order chi connectivity index (χ0) is 26.4. The first-order valence-electron chi connectivity index (χ1n) is 11.4. The monoisotopic (exact) mass is 509 g/mol. The lowest BCUT2D eigenvalue weighted by Gasteiger charge is -2.10. The second kappa shape index (κ2) is 8.96. The van der Waals surface area contributed by atoms with Gasteiger partial charge in [-0.2, -0.15) is 5.26 Å². The molecule has 0 bridgehead atoms. The van der Waals surface area contributed by atoms with Crippen LogP contribution in [0, 0.1) is 25.2 Å². The van der Waals surface area contributed by atoms with Gasteiger partial charge in [0.25, 0.3) is 11.5 Å². The van der Waals surface area contributed by atoms with Gasteiger partial charge in [-0.15, -0.1) is 11.3 Å². The average molecular weight is 510 g/mol. The van der Waals surface area contributed by atoms with Crippen molar-refractivity contribution < 1.29 is 4.79 Å². The van der Waals surface area contributed by atoms with Crippen LogP contribution in [0.15, 0.2) is 59.4 Å². The SMILES string of the molecule is Cc1ccc(-c2c(C#N)c(N)nc3sc(C(=O)Nc4c(C)n(C)n(-c5ccccc5)c4=O)c(N)c23)cc1. The predicted molar refractivity (Wildman–Crippen MR) is 147 cm³/mol. The highest BCUT2D eigenvalue weighted by atomic mass is 32.1. The summed E-state index contributed by atoms with van der Waals surface area (Å²) in [5.41, 5.74) is 16.4. The van der Waals surface area contributed by atoms with Crippen LogP contribution in [0.25, 0.3) is 27.0 Å². The van der Waals surface area contributed by atoms with Crippen molar-refractivity contribution in [1.29, 1.82) is 5.26 Å². The number of aryl methyl sites for hydroxylation is 1. The number of fused-ring (bicyclic) bond motifs is 1. The van der Waals surface area contributed by atoms with E-state index in [4.69, 9.17) is 11.5 Å². The van der Waals surface area contributed by atoms with Crippen LogP contribution in [0.5, 0.6) is 0 Å². The summed E-state index contributed by atoms with van der Waals surface area (Å²) in [4.78, 5) is 31.7. The van der Waals surface area contributed by atoms with E-state index >= 15 is 0 Å². The third-order valence-corrected chi connectivity index (χ3v) is 7.45. The Morgan fingerprint density at radius 2 is 1.76 bits per heavy atom. The van der Waals surface area contributed by atoms with Crippen LogP contribution in [0.1, 0.15) is 26.5 Å². The Morgan fingerprint density at radius 1 is 1.08 bits per heavy atom. The molecule has 2 aromatic carbocycles. The third kappa shape index (κ3) is 3.82. The van der Waals surface area contributed by atoms with Crippen LogP contribution >= 0.6 is 11.3 Å². The standard InChI is InChI=1S/C27H23N7O2S/c1-14-9-11-16(12-10-14)19-18(13-28)24(30)32-26-20(19)21(29)23(37-26)25(35)31-22-15(2)33(3)34(27(22)36)17-7-5-4-6-8-17/h4-12H,29H2,1-3H3,(H2,30,32)(H,31,35). The molecule has 0 aliphatic rings. The number of rotatable bonds is 4. The van der Waals surface area contributed by atoms with E-state index in [1.807, 2.05) is 61.5 Å². The molecule has 5 N–H and O–H groups in total. The van der Waals surface area contributed by atoms with Crippen molar-refractivity contribution in [2.75, 3.05) is 16.8 Å². The van der Waals surface area contributed by atoms with Crippen molar-refractivity contribution in [1.82, 2.24) is 14.3 Å². The van der Waals surface area contributed by atoms with E-state index in [1.165, 1.54) is 4.68 Å². The predicted octanol–water partition coefficient (Wildman–Crippen LogP) is 4.36. The molecular formula is C27H23N7O2S. The van der Waals surface area contributed by atoms with E-state index in [-0.39, 0.29) is 33.2 Å². The summed E-state index contributed by atoms with van der Waals surface area (Å²) in [5.74, 6) is -0.484. The van der Waals surface area contributed by atoms with E-state index in [0.717, 1.165) is 22.5 Å². The maximum Gasteiger partial charge on any atom is 0.295 e. The quantitative estimate of drug-likeness (QED) is 0.328. The number of amides is 1. The van der Waals surface area contributed by atoms with Crippen LogP contribution in [-0.2, 0) is 7.05 Å². The third-order valence-electron chi connectivity index (χ3n) is 6.36. The molecule has 184 valence electrons. The Balaban J connectivity index is 1.63. The number of carbonyl (C=O) groups is 1. The van der Waals surface area contributed by atoms with E-state index in [0.29, 0.717) is 27.2 Å². The second-order valence-corrected chi connectivity index (χ2v) is 9.64. The van der Waals surface area contributed by atoms with Crippen molar-refractivity contribution in [2.45, 2.75) is 13.8 Å². The minimum Gasteiger partial charge on any atom is -0.397 e. The lowest BCUT2D eigenvalue weighted by molar-refractivity contribution is 0.103. The number of carbonyl (C=O) groups excluding carboxylic acids is 1. The van der Waals surface area contributed by atoms with Gasteiger partial charge in [-0.3, -0.25) is 14.3 Å².